The SMILES string of the molecule is Cc1nc2c(s1)-c1c(cnc3c1c(C)nn3C)C(C)C2C. The topological polar surface area (TPSA) is 43.6 Å². The van der Waals surface area contributed by atoms with Crippen LogP contribution in [0.15, 0.2) is 6.20 Å². The highest BCUT2D eigenvalue weighted by atomic mass is 32.1. The van der Waals surface area contributed by atoms with E-state index >= 15 is 0 Å². The van der Waals surface area contributed by atoms with E-state index in [1.807, 2.05) is 17.9 Å². The Bertz CT molecular complexity index is 874. The molecule has 0 N–H and O–H groups in total. The molecule has 21 heavy (non-hydrogen) atoms. The van der Waals surface area contributed by atoms with Gasteiger partial charge in [0.15, 0.2) is 5.65 Å². The van der Waals surface area contributed by atoms with E-state index in [9.17, 15) is 0 Å². The Morgan fingerprint density at radius 3 is 2.71 bits per heavy atom. The molecule has 2 atom stereocenters. The van der Waals surface area contributed by atoms with Gasteiger partial charge in [0.1, 0.15) is 0 Å². The first-order valence-corrected chi connectivity index (χ1v) is 8.10. The van der Waals surface area contributed by atoms with Crippen molar-refractivity contribution in [2.45, 2.75) is 39.5 Å². The van der Waals surface area contributed by atoms with Crippen molar-refractivity contribution < 1.29 is 0 Å². The molecule has 4 rings (SSSR count). The Morgan fingerprint density at radius 2 is 1.95 bits per heavy atom. The molecule has 0 bridgehead atoms. The highest BCUT2D eigenvalue weighted by Crippen LogP contribution is 2.50. The van der Waals surface area contributed by atoms with Crippen LogP contribution in [0, 0.1) is 13.8 Å². The van der Waals surface area contributed by atoms with Gasteiger partial charge in [-0.15, -0.1) is 11.3 Å². The van der Waals surface area contributed by atoms with E-state index in [1.54, 1.807) is 11.3 Å². The van der Waals surface area contributed by atoms with Crippen molar-refractivity contribution in [2.24, 2.45) is 7.05 Å². The molecule has 0 aromatic carbocycles. The number of aryl methyl sites for hydroxylation is 3. The fourth-order valence-electron chi connectivity index (χ4n) is 3.45. The van der Waals surface area contributed by atoms with Crippen molar-refractivity contribution in [3.05, 3.63) is 28.2 Å². The average Bonchev–Trinajstić information content (AvgIpc) is 2.97. The number of fused-ring (bicyclic) bond motifs is 5. The lowest BCUT2D eigenvalue weighted by Crippen LogP contribution is -2.13. The summed E-state index contributed by atoms with van der Waals surface area (Å²) in [6.07, 6.45) is 2.04. The fourth-order valence-corrected chi connectivity index (χ4v) is 4.55. The van der Waals surface area contributed by atoms with Gasteiger partial charge < -0.3 is 0 Å². The second-order valence-electron chi connectivity index (χ2n) is 6.02. The average molecular weight is 298 g/mol. The maximum absolute atomic E-state index is 4.80. The Morgan fingerprint density at radius 1 is 1.19 bits per heavy atom. The third kappa shape index (κ3) is 1.58. The lowest BCUT2D eigenvalue weighted by Gasteiger charge is -2.27. The Kier molecular flexibility index (Phi) is 2.55. The number of nitrogens with zero attached hydrogens (tertiary/aromatic N) is 4. The molecule has 0 spiro atoms. The Labute approximate surface area is 127 Å². The maximum Gasteiger partial charge on any atom is 0.158 e. The van der Waals surface area contributed by atoms with E-state index in [2.05, 4.69) is 37.8 Å². The van der Waals surface area contributed by atoms with E-state index in [0.717, 1.165) is 16.3 Å². The van der Waals surface area contributed by atoms with Crippen LogP contribution < -0.4 is 0 Å². The predicted octanol–water partition coefficient (Wildman–Crippen LogP) is 3.93. The van der Waals surface area contributed by atoms with E-state index in [-0.39, 0.29) is 0 Å². The third-order valence-electron chi connectivity index (χ3n) is 4.72. The molecule has 0 saturated heterocycles. The van der Waals surface area contributed by atoms with Crippen molar-refractivity contribution in [1.82, 2.24) is 19.7 Å². The zero-order valence-electron chi connectivity index (χ0n) is 12.9. The molecule has 3 aromatic heterocycles. The van der Waals surface area contributed by atoms with Crippen molar-refractivity contribution >= 4 is 22.4 Å². The molecule has 0 amide bonds. The van der Waals surface area contributed by atoms with Crippen molar-refractivity contribution in [3.63, 3.8) is 0 Å². The van der Waals surface area contributed by atoms with Crippen LogP contribution in [0.2, 0.25) is 0 Å². The molecule has 3 heterocycles. The van der Waals surface area contributed by atoms with Crippen LogP contribution in [0.5, 0.6) is 0 Å². The molecule has 0 saturated carbocycles. The van der Waals surface area contributed by atoms with Gasteiger partial charge >= 0.3 is 0 Å². The minimum atomic E-state index is 0.436. The zero-order valence-corrected chi connectivity index (χ0v) is 13.7. The van der Waals surface area contributed by atoms with Gasteiger partial charge in [-0.25, -0.2) is 9.97 Å². The molecule has 2 unspecified atom stereocenters. The summed E-state index contributed by atoms with van der Waals surface area (Å²) in [7, 11) is 1.96. The summed E-state index contributed by atoms with van der Waals surface area (Å²) in [5, 5.41) is 6.89. The van der Waals surface area contributed by atoms with Crippen LogP contribution in [0.3, 0.4) is 0 Å². The number of hydrogen-bond donors (Lipinski definition) is 0. The van der Waals surface area contributed by atoms with E-state index < -0.39 is 0 Å². The summed E-state index contributed by atoms with van der Waals surface area (Å²) >= 11 is 1.80. The zero-order chi connectivity index (χ0) is 14.9. The summed E-state index contributed by atoms with van der Waals surface area (Å²) in [5.74, 6) is 0.874. The van der Waals surface area contributed by atoms with E-state index in [4.69, 9.17) is 4.98 Å². The van der Waals surface area contributed by atoms with Crippen molar-refractivity contribution in [1.29, 1.82) is 0 Å². The van der Waals surface area contributed by atoms with Crippen LogP contribution in [0.1, 0.15) is 47.6 Å². The highest BCUT2D eigenvalue weighted by molar-refractivity contribution is 7.15. The van der Waals surface area contributed by atoms with Crippen LogP contribution in [-0.2, 0) is 7.05 Å². The molecule has 1 aliphatic carbocycles. The largest absolute Gasteiger partial charge is 0.250 e. The summed E-state index contributed by atoms with van der Waals surface area (Å²) < 4.78 is 1.88. The molecule has 0 aliphatic heterocycles. The molecular weight excluding hydrogens is 280 g/mol. The Balaban J connectivity index is 2.19. The summed E-state index contributed by atoms with van der Waals surface area (Å²) in [6.45, 7) is 8.71. The number of aromatic nitrogens is 4. The molecule has 4 nitrogen and oxygen atoms in total. The predicted molar refractivity (Wildman–Crippen MR) is 85.9 cm³/mol. The van der Waals surface area contributed by atoms with Gasteiger partial charge in [0.05, 0.1) is 26.7 Å². The standard InChI is InChI=1S/C16H18N4S/c1-7-8(2)14-15(21-10(4)18-14)13-11(7)6-17-16-12(13)9(3)19-20(16)5/h6-8H,1-5H3. The smallest absolute Gasteiger partial charge is 0.158 e. The van der Waals surface area contributed by atoms with Gasteiger partial charge in [0.25, 0.3) is 0 Å². The van der Waals surface area contributed by atoms with Crippen LogP contribution >= 0.6 is 11.3 Å². The van der Waals surface area contributed by atoms with Crippen LogP contribution in [-0.4, -0.2) is 19.7 Å². The monoisotopic (exact) mass is 298 g/mol. The second kappa shape index (κ2) is 4.13. The number of hydrogen-bond acceptors (Lipinski definition) is 4. The number of pyridine rings is 1. The first kappa shape index (κ1) is 13.0. The maximum atomic E-state index is 4.80. The first-order chi connectivity index (χ1) is 9.99. The van der Waals surface area contributed by atoms with Crippen LogP contribution in [0.4, 0.5) is 0 Å². The van der Waals surface area contributed by atoms with E-state index in [0.29, 0.717) is 11.8 Å². The van der Waals surface area contributed by atoms with E-state index in [1.165, 1.54) is 27.1 Å². The molecule has 3 aromatic rings. The quantitative estimate of drug-likeness (QED) is 0.631. The number of thiazole rings is 1. The van der Waals surface area contributed by atoms with Gasteiger partial charge in [-0.1, -0.05) is 13.8 Å². The van der Waals surface area contributed by atoms with Crippen molar-refractivity contribution in [2.75, 3.05) is 0 Å². The molecule has 5 heteroatoms. The summed E-state index contributed by atoms with van der Waals surface area (Å²) in [5.41, 5.74) is 5.91. The van der Waals surface area contributed by atoms with Gasteiger partial charge in [0.2, 0.25) is 0 Å². The first-order valence-electron chi connectivity index (χ1n) is 7.29. The number of rotatable bonds is 0. The minimum absolute atomic E-state index is 0.436. The minimum Gasteiger partial charge on any atom is -0.250 e. The second-order valence-corrected chi connectivity index (χ2v) is 7.22. The van der Waals surface area contributed by atoms with Gasteiger partial charge in [0, 0.05) is 24.7 Å². The highest BCUT2D eigenvalue weighted by Gasteiger charge is 2.33. The molecular formula is C16H18N4S. The lowest BCUT2D eigenvalue weighted by molar-refractivity contribution is 0.602. The van der Waals surface area contributed by atoms with Crippen LogP contribution in [0.25, 0.3) is 21.5 Å². The Hall–Kier alpha value is -1.75. The fraction of sp³-hybridized carbons (Fsp3) is 0.438. The summed E-state index contributed by atoms with van der Waals surface area (Å²) in [6, 6.07) is 0. The van der Waals surface area contributed by atoms with Gasteiger partial charge in [-0.3, -0.25) is 4.68 Å². The molecule has 0 fully saturated rings. The normalized spacial score (nSPS) is 20.6. The summed E-state index contributed by atoms with van der Waals surface area (Å²) in [4.78, 5) is 10.8. The van der Waals surface area contributed by atoms with Gasteiger partial charge in [-0.05, 0) is 25.3 Å². The molecule has 1 aliphatic rings. The van der Waals surface area contributed by atoms with Gasteiger partial charge in [-0.2, -0.15) is 5.10 Å². The molecule has 108 valence electrons. The third-order valence-corrected chi connectivity index (χ3v) is 5.72. The molecule has 0 radical (unpaired) electrons. The van der Waals surface area contributed by atoms with Crippen molar-refractivity contribution in [3.8, 4) is 10.4 Å². The lowest BCUT2D eigenvalue weighted by atomic mass is 9.78.